The Morgan fingerprint density at radius 2 is 1.46 bits per heavy atom. The van der Waals surface area contributed by atoms with Crippen LogP contribution in [0, 0.1) is 18.7 Å². The van der Waals surface area contributed by atoms with Crippen LogP contribution in [0.3, 0.4) is 0 Å². The lowest BCUT2D eigenvalue weighted by molar-refractivity contribution is 0.0650. The van der Waals surface area contributed by atoms with Gasteiger partial charge in [0.05, 0.1) is 0 Å². The van der Waals surface area contributed by atoms with Gasteiger partial charge in [-0.15, -0.1) is 0 Å². The molecule has 0 unspecified atom stereocenters. The summed E-state index contributed by atoms with van der Waals surface area (Å²) in [6, 6.07) is 13.2. The van der Waals surface area contributed by atoms with Crippen LogP contribution >= 0.6 is 0 Å². The van der Waals surface area contributed by atoms with Gasteiger partial charge in [-0.1, -0.05) is 29.8 Å². The first-order valence-corrected chi connectivity index (χ1v) is 8.20. The molecule has 1 amide bonds. The van der Waals surface area contributed by atoms with E-state index in [2.05, 4.69) is 0 Å². The highest BCUT2D eigenvalue weighted by Gasteiger charge is 2.28. The molecule has 3 rings (SSSR count). The molecule has 2 aromatic rings. The molecule has 0 saturated carbocycles. The molecular weight excluding hydrogens is 305 g/mol. The third kappa shape index (κ3) is 3.53. The van der Waals surface area contributed by atoms with Crippen molar-refractivity contribution in [3.63, 3.8) is 0 Å². The molecule has 0 aliphatic carbocycles. The molecule has 4 heteroatoms. The molecule has 24 heavy (non-hydrogen) atoms. The zero-order chi connectivity index (χ0) is 17.1. The van der Waals surface area contributed by atoms with Crippen molar-refractivity contribution in [2.75, 3.05) is 13.1 Å². The number of benzene rings is 2. The van der Waals surface area contributed by atoms with Crippen LogP contribution in [0.1, 0.15) is 39.1 Å². The number of rotatable bonds is 3. The van der Waals surface area contributed by atoms with E-state index in [-0.39, 0.29) is 23.4 Å². The Morgan fingerprint density at radius 1 is 0.917 bits per heavy atom. The first kappa shape index (κ1) is 16.4. The number of aryl methyl sites for hydroxylation is 1. The standard InChI is InChI=1S/C20H20FNO2/c1-14-2-4-15(5-3-14)19(23)16-10-12-22(13-11-16)20(24)17-6-8-18(21)9-7-17/h2-9,16H,10-13H2,1H3. The molecule has 3 nitrogen and oxygen atoms in total. The Kier molecular flexibility index (Phi) is 4.74. The summed E-state index contributed by atoms with van der Waals surface area (Å²) in [6.07, 6.45) is 1.33. The van der Waals surface area contributed by atoms with Gasteiger partial charge in [-0.25, -0.2) is 4.39 Å². The molecule has 0 N–H and O–H groups in total. The number of carbonyl (C=O) groups is 2. The minimum atomic E-state index is -0.353. The quantitative estimate of drug-likeness (QED) is 0.803. The Hall–Kier alpha value is -2.49. The lowest BCUT2D eigenvalue weighted by Crippen LogP contribution is -2.40. The summed E-state index contributed by atoms with van der Waals surface area (Å²) < 4.78 is 13.0. The second-order valence-corrected chi connectivity index (χ2v) is 6.30. The molecule has 0 radical (unpaired) electrons. The number of Topliss-reactive ketones (excluding diaryl/α,β-unsaturated/α-hetero) is 1. The van der Waals surface area contributed by atoms with Crippen molar-refractivity contribution in [1.29, 1.82) is 0 Å². The number of hydrogen-bond donors (Lipinski definition) is 0. The lowest BCUT2D eigenvalue weighted by atomic mass is 9.88. The van der Waals surface area contributed by atoms with E-state index in [0.717, 1.165) is 11.1 Å². The van der Waals surface area contributed by atoms with Gasteiger partial charge in [0.2, 0.25) is 0 Å². The molecule has 124 valence electrons. The molecule has 1 aliphatic heterocycles. The minimum absolute atomic E-state index is 0.0371. The van der Waals surface area contributed by atoms with Gasteiger partial charge in [-0.3, -0.25) is 9.59 Å². The van der Waals surface area contributed by atoms with E-state index >= 15 is 0 Å². The van der Waals surface area contributed by atoms with Gasteiger partial charge < -0.3 is 4.90 Å². The number of likely N-dealkylation sites (tertiary alicyclic amines) is 1. The average molecular weight is 325 g/mol. The zero-order valence-electron chi connectivity index (χ0n) is 13.7. The fourth-order valence-electron chi connectivity index (χ4n) is 3.07. The monoisotopic (exact) mass is 325 g/mol. The number of nitrogens with zero attached hydrogens (tertiary/aromatic N) is 1. The predicted octanol–water partition coefficient (Wildman–Crippen LogP) is 3.87. The van der Waals surface area contributed by atoms with E-state index < -0.39 is 0 Å². The number of amides is 1. The van der Waals surface area contributed by atoms with Crippen molar-refractivity contribution in [1.82, 2.24) is 4.90 Å². The van der Waals surface area contributed by atoms with Gasteiger partial charge in [0, 0.05) is 30.1 Å². The predicted molar refractivity (Wildman–Crippen MR) is 90.5 cm³/mol. The van der Waals surface area contributed by atoms with Crippen LogP contribution in [0.5, 0.6) is 0 Å². The largest absolute Gasteiger partial charge is 0.339 e. The average Bonchev–Trinajstić information content (AvgIpc) is 2.62. The zero-order valence-corrected chi connectivity index (χ0v) is 13.7. The van der Waals surface area contributed by atoms with Crippen LogP contribution in [0.25, 0.3) is 0 Å². The Balaban J connectivity index is 1.61. The van der Waals surface area contributed by atoms with Gasteiger partial charge in [0.15, 0.2) is 5.78 Å². The fraction of sp³-hybridized carbons (Fsp3) is 0.300. The maximum Gasteiger partial charge on any atom is 0.253 e. The van der Waals surface area contributed by atoms with Gasteiger partial charge in [-0.05, 0) is 44.0 Å². The summed E-state index contributed by atoms with van der Waals surface area (Å²) in [4.78, 5) is 26.7. The summed E-state index contributed by atoms with van der Waals surface area (Å²) >= 11 is 0. The second-order valence-electron chi connectivity index (χ2n) is 6.30. The number of piperidine rings is 1. The Bertz CT molecular complexity index is 664. The number of hydrogen-bond acceptors (Lipinski definition) is 2. The van der Waals surface area contributed by atoms with E-state index in [4.69, 9.17) is 0 Å². The van der Waals surface area contributed by atoms with Gasteiger partial charge >= 0.3 is 0 Å². The smallest absolute Gasteiger partial charge is 0.253 e. The fourth-order valence-corrected chi connectivity index (χ4v) is 3.07. The third-order valence-corrected chi connectivity index (χ3v) is 4.58. The van der Waals surface area contributed by atoms with Crippen molar-refractivity contribution in [3.8, 4) is 0 Å². The molecule has 0 aromatic heterocycles. The molecule has 1 saturated heterocycles. The molecule has 0 atom stereocenters. The van der Waals surface area contributed by atoms with E-state index in [1.54, 1.807) is 4.90 Å². The molecule has 0 spiro atoms. The summed E-state index contributed by atoms with van der Waals surface area (Å²) in [7, 11) is 0. The highest BCUT2D eigenvalue weighted by molar-refractivity contribution is 5.98. The van der Waals surface area contributed by atoms with Gasteiger partial charge in [0.1, 0.15) is 5.82 Å². The van der Waals surface area contributed by atoms with Crippen LogP contribution in [0.4, 0.5) is 4.39 Å². The van der Waals surface area contributed by atoms with Crippen molar-refractivity contribution in [2.24, 2.45) is 5.92 Å². The maximum atomic E-state index is 13.0. The summed E-state index contributed by atoms with van der Waals surface area (Å²) in [5.41, 5.74) is 2.36. The van der Waals surface area contributed by atoms with Crippen LogP contribution in [0.2, 0.25) is 0 Å². The van der Waals surface area contributed by atoms with Crippen LogP contribution < -0.4 is 0 Å². The van der Waals surface area contributed by atoms with Crippen LogP contribution in [-0.2, 0) is 0 Å². The molecular formula is C20H20FNO2. The van der Waals surface area contributed by atoms with Crippen LogP contribution in [0.15, 0.2) is 48.5 Å². The number of halogens is 1. The molecule has 1 fully saturated rings. The highest BCUT2D eigenvalue weighted by atomic mass is 19.1. The van der Waals surface area contributed by atoms with Gasteiger partial charge in [0.25, 0.3) is 5.91 Å². The number of ketones is 1. The summed E-state index contributed by atoms with van der Waals surface area (Å²) in [5, 5.41) is 0. The maximum absolute atomic E-state index is 13.0. The van der Waals surface area contributed by atoms with Crippen molar-refractivity contribution in [2.45, 2.75) is 19.8 Å². The summed E-state index contributed by atoms with van der Waals surface area (Å²) in [5.74, 6) is -0.334. The molecule has 1 aliphatic rings. The van der Waals surface area contributed by atoms with E-state index in [9.17, 15) is 14.0 Å². The van der Waals surface area contributed by atoms with Gasteiger partial charge in [-0.2, -0.15) is 0 Å². The van der Waals surface area contributed by atoms with E-state index in [1.165, 1.54) is 24.3 Å². The Labute approximate surface area is 141 Å². The first-order chi connectivity index (χ1) is 11.5. The molecule has 1 heterocycles. The van der Waals surface area contributed by atoms with E-state index in [1.807, 2.05) is 31.2 Å². The third-order valence-electron chi connectivity index (χ3n) is 4.58. The van der Waals surface area contributed by atoms with Crippen molar-refractivity contribution < 1.29 is 14.0 Å². The highest BCUT2D eigenvalue weighted by Crippen LogP contribution is 2.23. The van der Waals surface area contributed by atoms with E-state index in [0.29, 0.717) is 31.5 Å². The molecule has 0 bridgehead atoms. The summed E-state index contributed by atoms with van der Waals surface area (Å²) in [6.45, 7) is 3.10. The second kappa shape index (κ2) is 6.95. The Morgan fingerprint density at radius 3 is 2.04 bits per heavy atom. The van der Waals surface area contributed by atoms with Crippen molar-refractivity contribution in [3.05, 3.63) is 71.0 Å². The minimum Gasteiger partial charge on any atom is -0.339 e. The topological polar surface area (TPSA) is 37.4 Å². The first-order valence-electron chi connectivity index (χ1n) is 8.20. The number of carbonyl (C=O) groups excluding carboxylic acids is 2. The lowest BCUT2D eigenvalue weighted by Gasteiger charge is -2.31. The normalized spacial score (nSPS) is 15.3. The van der Waals surface area contributed by atoms with Crippen LogP contribution in [-0.4, -0.2) is 29.7 Å². The molecule has 2 aromatic carbocycles. The van der Waals surface area contributed by atoms with Crippen molar-refractivity contribution >= 4 is 11.7 Å². The SMILES string of the molecule is Cc1ccc(C(=O)C2CCN(C(=O)c3ccc(F)cc3)CC2)cc1.